The van der Waals surface area contributed by atoms with Crippen molar-refractivity contribution in [2.75, 3.05) is 19.8 Å². The van der Waals surface area contributed by atoms with Crippen LogP contribution in [0.2, 0.25) is 5.02 Å². The van der Waals surface area contributed by atoms with Crippen LogP contribution in [-0.2, 0) is 10.5 Å². The third kappa shape index (κ3) is 7.37. The highest BCUT2D eigenvalue weighted by molar-refractivity contribution is 7.98. The van der Waals surface area contributed by atoms with Crippen molar-refractivity contribution in [1.29, 1.82) is 0 Å². The fraction of sp³-hybridized carbons (Fsp3) is 0.300. The molecule has 160 valence electrons. The van der Waals surface area contributed by atoms with Crippen molar-refractivity contribution in [3.05, 3.63) is 69.3 Å². The highest BCUT2D eigenvalue weighted by Crippen LogP contribution is 2.26. The van der Waals surface area contributed by atoms with E-state index in [1.807, 2.05) is 18.2 Å². The first-order valence-electron chi connectivity index (χ1n) is 9.44. The molecule has 0 amide bonds. The summed E-state index contributed by atoms with van der Waals surface area (Å²) in [6.45, 7) is 1.09. The summed E-state index contributed by atoms with van der Waals surface area (Å²) >= 11 is 7.26. The Hall–Kier alpha value is -2.91. The number of Topliss-reactive ketones (excluding diaryl/α,β-unsaturated/α-hetero) is 1. The van der Waals surface area contributed by atoms with E-state index in [1.165, 1.54) is 11.8 Å². The van der Waals surface area contributed by atoms with E-state index in [0.29, 0.717) is 60.1 Å². The van der Waals surface area contributed by atoms with E-state index in [2.05, 4.69) is 25.2 Å². The van der Waals surface area contributed by atoms with Crippen LogP contribution >= 0.6 is 23.4 Å². The van der Waals surface area contributed by atoms with E-state index in [1.54, 1.807) is 24.4 Å². The molecule has 0 atom stereocenters. The summed E-state index contributed by atoms with van der Waals surface area (Å²) in [5.74, 6) is 0.972. The summed E-state index contributed by atoms with van der Waals surface area (Å²) in [5.41, 5.74) is 10.3. The predicted octanol–water partition coefficient (Wildman–Crippen LogP) is 5.37. The zero-order valence-electron chi connectivity index (χ0n) is 16.5. The van der Waals surface area contributed by atoms with Crippen molar-refractivity contribution >= 4 is 29.1 Å². The minimum absolute atomic E-state index is 0.00913. The summed E-state index contributed by atoms with van der Waals surface area (Å²) in [4.78, 5) is 19.2. The normalized spacial score (nSPS) is 10.6. The van der Waals surface area contributed by atoms with Crippen LogP contribution in [0.4, 0.5) is 0 Å². The lowest BCUT2D eigenvalue weighted by Gasteiger charge is -2.03. The molecule has 2 aromatic heterocycles. The van der Waals surface area contributed by atoms with Crippen molar-refractivity contribution in [3.8, 4) is 11.5 Å². The fourth-order valence-electron chi connectivity index (χ4n) is 2.52. The van der Waals surface area contributed by atoms with Gasteiger partial charge >= 0.3 is 0 Å². The summed E-state index contributed by atoms with van der Waals surface area (Å²) in [5, 5.41) is 12.5. The lowest BCUT2D eigenvalue weighted by Crippen LogP contribution is -2.05. The Labute approximate surface area is 187 Å². The van der Waals surface area contributed by atoms with Crippen molar-refractivity contribution < 1.29 is 13.9 Å². The molecule has 0 aliphatic carbocycles. The number of ether oxygens (including phenoxy) is 1. The molecule has 11 heteroatoms. The fourth-order valence-corrected chi connectivity index (χ4v) is 3.32. The van der Waals surface area contributed by atoms with E-state index in [-0.39, 0.29) is 5.78 Å². The molecule has 0 saturated heterocycles. The van der Waals surface area contributed by atoms with Crippen LogP contribution in [0.5, 0.6) is 0 Å². The first-order chi connectivity index (χ1) is 15.2. The van der Waals surface area contributed by atoms with Gasteiger partial charge in [-0.05, 0) is 48.4 Å². The van der Waals surface area contributed by atoms with Crippen LogP contribution in [0, 0.1) is 0 Å². The van der Waals surface area contributed by atoms with Gasteiger partial charge in [0, 0.05) is 52.6 Å². The SMILES string of the molecule is [N-]=[N+]=NCCOCCCC(=O)c1ccc(CSc2nnc(-c3ccc(Cl)cc3)o2)nc1. The Morgan fingerprint density at radius 3 is 2.77 bits per heavy atom. The molecular formula is C20H19ClN6O3S. The molecule has 0 N–H and O–H groups in total. The number of halogens is 1. The van der Waals surface area contributed by atoms with Gasteiger partial charge in [0.15, 0.2) is 5.78 Å². The summed E-state index contributed by atoms with van der Waals surface area (Å²) in [6, 6.07) is 10.7. The molecule has 0 bridgehead atoms. The van der Waals surface area contributed by atoms with Crippen molar-refractivity contribution in [3.63, 3.8) is 0 Å². The number of rotatable bonds is 12. The largest absolute Gasteiger partial charge is 0.411 e. The third-order valence-electron chi connectivity index (χ3n) is 4.08. The van der Waals surface area contributed by atoms with E-state index >= 15 is 0 Å². The molecule has 0 aliphatic rings. The van der Waals surface area contributed by atoms with Gasteiger partial charge < -0.3 is 9.15 Å². The van der Waals surface area contributed by atoms with E-state index in [9.17, 15) is 4.79 Å². The zero-order chi connectivity index (χ0) is 21.9. The molecule has 0 fully saturated rings. The number of hydrogen-bond acceptors (Lipinski definition) is 8. The quantitative estimate of drug-likeness (QED) is 0.0891. The maximum atomic E-state index is 12.2. The average Bonchev–Trinajstić information content (AvgIpc) is 3.27. The standard InChI is InChI=1S/C20H19ClN6O3S/c21-16-6-3-14(4-7-16)19-25-26-20(30-19)31-13-17-8-5-15(12-23-17)18(28)2-1-10-29-11-9-24-27-22/h3-8,12H,1-2,9-11,13H2. The average molecular weight is 459 g/mol. The molecule has 31 heavy (non-hydrogen) atoms. The number of nitrogens with zero attached hydrogens (tertiary/aromatic N) is 6. The monoisotopic (exact) mass is 458 g/mol. The maximum Gasteiger partial charge on any atom is 0.277 e. The smallest absolute Gasteiger partial charge is 0.277 e. The van der Waals surface area contributed by atoms with E-state index in [4.69, 9.17) is 26.3 Å². The molecule has 0 spiro atoms. The molecule has 0 radical (unpaired) electrons. The second-order valence-electron chi connectivity index (χ2n) is 6.30. The number of thioether (sulfide) groups is 1. The molecule has 0 saturated carbocycles. The van der Waals surface area contributed by atoms with Gasteiger partial charge in [-0.1, -0.05) is 28.5 Å². The lowest BCUT2D eigenvalue weighted by molar-refractivity contribution is 0.0943. The van der Waals surface area contributed by atoms with Crippen LogP contribution in [0.25, 0.3) is 21.9 Å². The Bertz CT molecular complexity index is 1040. The van der Waals surface area contributed by atoms with Gasteiger partial charge in [0.25, 0.3) is 5.22 Å². The molecule has 3 rings (SSSR count). The number of carbonyl (C=O) groups is 1. The first kappa shape index (κ1) is 22.8. The highest BCUT2D eigenvalue weighted by Gasteiger charge is 2.11. The topological polar surface area (TPSA) is 127 Å². The van der Waals surface area contributed by atoms with Crippen LogP contribution in [0.1, 0.15) is 28.9 Å². The van der Waals surface area contributed by atoms with Gasteiger partial charge in [-0.25, -0.2) is 0 Å². The molecule has 9 nitrogen and oxygen atoms in total. The van der Waals surface area contributed by atoms with Gasteiger partial charge in [-0.3, -0.25) is 9.78 Å². The first-order valence-corrected chi connectivity index (χ1v) is 10.8. The van der Waals surface area contributed by atoms with Crippen LogP contribution in [-0.4, -0.2) is 40.7 Å². The second-order valence-corrected chi connectivity index (χ2v) is 7.66. The van der Waals surface area contributed by atoms with Crippen LogP contribution in [0.3, 0.4) is 0 Å². The summed E-state index contributed by atoms with van der Waals surface area (Å²) in [6.07, 6.45) is 2.54. The van der Waals surface area contributed by atoms with E-state index in [0.717, 1.165) is 11.3 Å². The van der Waals surface area contributed by atoms with Crippen molar-refractivity contribution in [2.24, 2.45) is 5.11 Å². The molecule has 0 aliphatic heterocycles. The maximum absolute atomic E-state index is 12.2. The Kier molecular flexibility index (Phi) is 8.86. The number of hydrogen-bond donors (Lipinski definition) is 0. The molecule has 3 aromatic rings. The number of azide groups is 1. The number of aromatic nitrogens is 3. The minimum Gasteiger partial charge on any atom is -0.411 e. The molecule has 1 aromatic carbocycles. The van der Waals surface area contributed by atoms with Gasteiger partial charge in [0.05, 0.1) is 12.3 Å². The number of ketones is 1. The van der Waals surface area contributed by atoms with Gasteiger partial charge in [0.2, 0.25) is 5.89 Å². The Morgan fingerprint density at radius 2 is 2.03 bits per heavy atom. The van der Waals surface area contributed by atoms with Gasteiger partial charge in [-0.2, -0.15) is 0 Å². The second kappa shape index (κ2) is 12.1. The third-order valence-corrected chi connectivity index (χ3v) is 5.18. The molecular weight excluding hydrogens is 440 g/mol. The van der Waals surface area contributed by atoms with Crippen LogP contribution in [0.15, 0.2) is 57.3 Å². The molecule has 0 unspecified atom stereocenters. The molecule has 2 heterocycles. The number of carbonyl (C=O) groups excluding carboxylic acids is 1. The number of pyridine rings is 1. The van der Waals surface area contributed by atoms with Gasteiger partial charge in [0.1, 0.15) is 0 Å². The summed E-state index contributed by atoms with van der Waals surface area (Å²) in [7, 11) is 0. The lowest BCUT2D eigenvalue weighted by atomic mass is 10.1. The zero-order valence-corrected chi connectivity index (χ0v) is 18.1. The van der Waals surface area contributed by atoms with Crippen LogP contribution < -0.4 is 0 Å². The minimum atomic E-state index is 0.00913. The highest BCUT2D eigenvalue weighted by atomic mass is 35.5. The predicted molar refractivity (Wildman–Crippen MR) is 117 cm³/mol. The Balaban J connectivity index is 1.42. The van der Waals surface area contributed by atoms with E-state index < -0.39 is 0 Å². The summed E-state index contributed by atoms with van der Waals surface area (Å²) < 4.78 is 10.9. The van der Waals surface area contributed by atoms with Gasteiger partial charge in [-0.15, -0.1) is 10.2 Å². The van der Waals surface area contributed by atoms with Crippen molar-refractivity contribution in [2.45, 2.75) is 23.8 Å². The number of benzene rings is 1. The Morgan fingerprint density at radius 1 is 1.19 bits per heavy atom. The van der Waals surface area contributed by atoms with Crippen molar-refractivity contribution in [1.82, 2.24) is 15.2 Å².